The maximum Gasteiger partial charge on any atom is 0.247 e. The highest BCUT2D eigenvalue weighted by molar-refractivity contribution is 6.46. The van der Waals surface area contributed by atoms with Gasteiger partial charge in [-0.25, -0.2) is 0 Å². The van der Waals surface area contributed by atoms with Crippen LogP contribution in [0.25, 0.3) is 0 Å². The molecule has 0 atom stereocenters. The Balaban J connectivity index is 3.02. The van der Waals surface area contributed by atoms with E-state index in [1.165, 1.54) is 0 Å². The summed E-state index contributed by atoms with van der Waals surface area (Å²) in [5, 5.41) is 9.64. The SMILES string of the molecule is CC([O])(Cl)Cl. The van der Waals surface area contributed by atoms with Crippen LogP contribution in [-0.2, 0) is 5.11 Å². The third-order valence-electron chi connectivity index (χ3n) is 0. The van der Waals surface area contributed by atoms with Gasteiger partial charge >= 0.3 is 0 Å². The van der Waals surface area contributed by atoms with E-state index in [4.69, 9.17) is 23.2 Å². The van der Waals surface area contributed by atoms with Gasteiger partial charge in [0.1, 0.15) is 0 Å². The molecule has 0 aromatic carbocycles. The van der Waals surface area contributed by atoms with Gasteiger partial charge in [-0.3, -0.25) is 0 Å². The van der Waals surface area contributed by atoms with Crippen LogP contribution in [0, 0.1) is 0 Å². The molecule has 0 amide bonds. The van der Waals surface area contributed by atoms with Crippen molar-refractivity contribution in [2.75, 3.05) is 0 Å². The normalized spacial score (nSPS) is 12.0. The lowest BCUT2D eigenvalue weighted by atomic mass is 10.9. The minimum atomic E-state index is -1.81. The molecule has 0 saturated heterocycles. The van der Waals surface area contributed by atoms with Gasteiger partial charge in [-0.15, -0.1) is 0 Å². The maximum atomic E-state index is 9.64. The van der Waals surface area contributed by atoms with E-state index >= 15 is 0 Å². The van der Waals surface area contributed by atoms with Crippen molar-refractivity contribution in [3.05, 3.63) is 0 Å². The van der Waals surface area contributed by atoms with Crippen molar-refractivity contribution < 1.29 is 5.11 Å². The Morgan fingerprint density at radius 3 is 1.60 bits per heavy atom. The largest absolute Gasteiger partial charge is 0.247 e. The predicted molar refractivity (Wildman–Crippen MR) is 20.8 cm³/mol. The Kier molecular flexibility index (Phi) is 1.47. The first-order valence-corrected chi connectivity index (χ1v) is 1.84. The van der Waals surface area contributed by atoms with Crippen molar-refractivity contribution in [1.82, 2.24) is 0 Å². The Labute approximate surface area is 40.5 Å². The standard InChI is InChI=1S/C2H3Cl2O/c1-2(3,4)5/h1H3. The summed E-state index contributed by atoms with van der Waals surface area (Å²) in [6.07, 6.45) is 0. The molecule has 1 radical (unpaired) electrons. The topological polar surface area (TPSA) is 19.9 Å². The molecule has 0 rings (SSSR count). The minimum absolute atomic E-state index is 1.16. The molecular formula is C2H3Cl2O. The quantitative estimate of drug-likeness (QED) is 0.426. The second kappa shape index (κ2) is 1.33. The molecule has 0 heterocycles. The van der Waals surface area contributed by atoms with E-state index in [0.717, 1.165) is 6.92 Å². The smallest absolute Gasteiger partial charge is 0.194 e. The van der Waals surface area contributed by atoms with Crippen molar-refractivity contribution in [3.8, 4) is 0 Å². The summed E-state index contributed by atoms with van der Waals surface area (Å²) in [5.74, 6) is 0. The summed E-state index contributed by atoms with van der Waals surface area (Å²) in [6, 6.07) is 0. The van der Waals surface area contributed by atoms with Gasteiger partial charge in [0, 0.05) is 0 Å². The number of halogens is 2. The Morgan fingerprint density at radius 2 is 1.60 bits per heavy atom. The molecule has 0 fully saturated rings. The Morgan fingerprint density at radius 1 is 1.60 bits per heavy atom. The van der Waals surface area contributed by atoms with Crippen molar-refractivity contribution in [1.29, 1.82) is 0 Å². The van der Waals surface area contributed by atoms with Gasteiger partial charge < -0.3 is 0 Å². The lowest BCUT2D eigenvalue weighted by Crippen LogP contribution is -1.97. The van der Waals surface area contributed by atoms with Crippen LogP contribution in [0.1, 0.15) is 6.92 Å². The minimum Gasteiger partial charge on any atom is -0.194 e. The molecule has 3 heteroatoms. The number of rotatable bonds is 0. The predicted octanol–water partition coefficient (Wildman–Crippen LogP) is 1.57. The van der Waals surface area contributed by atoms with Crippen LogP contribution in [0.15, 0.2) is 0 Å². The van der Waals surface area contributed by atoms with E-state index in [2.05, 4.69) is 0 Å². The first-order valence-electron chi connectivity index (χ1n) is 1.08. The van der Waals surface area contributed by atoms with E-state index < -0.39 is 4.52 Å². The van der Waals surface area contributed by atoms with E-state index in [9.17, 15) is 5.11 Å². The molecule has 0 N–H and O–H groups in total. The fraction of sp³-hybridized carbons (Fsp3) is 1.00. The molecule has 0 spiro atoms. The third kappa shape index (κ3) is 100. The number of alkyl halides is 2. The maximum absolute atomic E-state index is 9.64. The Bertz CT molecular complexity index is 23.1. The van der Waals surface area contributed by atoms with Gasteiger partial charge in [-0.05, 0) is 6.92 Å². The fourth-order valence-corrected chi connectivity index (χ4v) is 0. The molecule has 0 unspecified atom stereocenters. The highest BCUT2D eigenvalue weighted by atomic mass is 35.5. The fourth-order valence-electron chi connectivity index (χ4n) is 0. The first kappa shape index (κ1) is 5.54. The van der Waals surface area contributed by atoms with E-state index in [1.807, 2.05) is 0 Å². The number of hydrogen-bond donors (Lipinski definition) is 0. The van der Waals surface area contributed by atoms with Crippen molar-refractivity contribution in [3.63, 3.8) is 0 Å². The molecule has 0 aliphatic carbocycles. The van der Waals surface area contributed by atoms with Crippen LogP contribution in [0.5, 0.6) is 0 Å². The van der Waals surface area contributed by atoms with Gasteiger partial charge in [-0.2, -0.15) is 5.11 Å². The van der Waals surface area contributed by atoms with Gasteiger partial charge in [-0.1, -0.05) is 23.2 Å². The zero-order chi connectivity index (χ0) is 4.50. The summed E-state index contributed by atoms with van der Waals surface area (Å²) in [7, 11) is 0. The van der Waals surface area contributed by atoms with E-state index in [0.29, 0.717) is 0 Å². The molecule has 5 heavy (non-hydrogen) atoms. The van der Waals surface area contributed by atoms with Crippen LogP contribution in [-0.4, -0.2) is 4.52 Å². The van der Waals surface area contributed by atoms with Crippen LogP contribution >= 0.6 is 23.2 Å². The molecule has 0 bridgehead atoms. The van der Waals surface area contributed by atoms with Crippen molar-refractivity contribution in [2.24, 2.45) is 0 Å². The second-order valence-corrected chi connectivity index (χ2v) is 2.44. The highest BCUT2D eigenvalue weighted by Crippen LogP contribution is 2.13. The zero-order valence-corrected chi connectivity index (χ0v) is 4.18. The molecule has 0 aromatic rings. The third-order valence-corrected chi connectivity index (χ3v) is 0. The summed E-state index contributed by atoms with van der Waals surface area (Å²) >= 11 is 9.48. The van der Waals surface area contributed by atoms with E-state index in [-0.39, 0.29) is 0 Å². The molecule has 31 valence electrons. The van der Waals surface area contributed by atoms with Gasteiger partial charge in [0.05, 0.1) is 0 Å². The first-order chi connectivity index (χ1) is 2.00. The molecule has 0 aliphatic rings. The average molecular weight is 114 g/mol. The lowest BCUT2D eigenvalue weighted by Gasteiger charge is -1.92. The van der Waals surface area contributed by atoms with Crippen LogP contribution in [0.4, 0.5) is 0 Å². The van der Waals surface area contributed by atoms with E-state index in [1.54, 1.807) is 0 Å². The molecule has 0 aromatic heterocycles. The number of hydrogen-bond acceptors (Lipinski definition) is 0. The molecule has 1 nitrogen and oxygen atoms in total. The average Bonchev–Trinajstić information content (AvgIpc) is 0.722. The molecule has 0 saturated carbocycles. The molecular weight excluding hydrogens is 111 g/mol. The summed E-state index contributed by atoms with van der Waals surface area (Å²) < 4.78 is -1.81. The van der Waals surface area contributed by atoms with Crippen LogP contribution < -0.4 is 0 Å². The Hall–Kier alpha value is 0.540. The van der Waals surface area contributed by atoms with Gasteiger partial charge in [0.2, 0.25) is 4.52 Å². The summed E-state index contributed by atoms with van der Waals surface area (Å²) in [5.41, 5.74) is 0. The van der Waals surface area contributed by atoms with Gasteiger partial charge in [0.25, 0.3) is 0 Å². The summed E-state index contributed by atoms with van der Waals surface area (Å²) in [4.78, 5) is 0. The highest BCUT2D eigenvalue weighted by Gasteiger charge is 2.09. The summed E-state index contributed by atoms with van der Waals surface area (Å²) in [6.45, 7) is 1.16. The van der Waals surface area contributed by atoms with Gasteiger partial charge in [0.15, 0.2) is 0 Å². The lowest BCUT2D eigenvalue weighted by molar-refractivity contribution is 0.138. The zero-order valence-electron chi connectivity index (χ0n) is 2.66. The van der Waals surface area contributed by atoms with Crippen molar-refractivity contribution >= 4 is 23.2 Å². The monoisotopic (exact) mass is 113 g/mol. The van der Waals surface area contributed by atoms with Crippen LogP contribution in [0.2, 0.25) is 0 Å². The van der Waals surface area contributed by atoms with Crippen LogP contribution in [0.3, 0.4) is 0 Å². The second-order valence-electron chi connectivity index (χ2n) is 0.808. The van der Waals surface area contributed by atoms with Crippen molar-refractivity contribution in [2.45, 2.75) is 11.4 Å². The molecule has 0 aliphatic heterocycles.